The van der Waals surface area contributed by atoms with Crippen LogP contribution in [-0.2, 0) is 14.3 Å². The smallest absolute Gasteiger partial charge is 0.408 e. The highest BCUT2D eigenvalue weighted by Crippen LogP contribution is 2.30. The Morgan fingerprint density at radius 1 is 0.949 bits per heavy atom. The highest BCUT2D eigenvalue weighted by molar-refractivity contribution is 7.80. The summed E-state index contributed by atoms with van der Waals surface area (Å²) in [6, 6.07) is 17.1. The van der Waals surface area contributed by atoms with Gasteiger partial charge in [-0.25, -0.2) is 4.79 Å². The number of ether oxygens (including phenoxy) is 1. The molecule has 0 aliphatic rings. The van der Waals surface area contributed by atoms with E-state index in [9.17, 15) is 14.4 Å². The number of fused-ring (bicyclic) bond motifs is 1. The minimum absolute atomic E-state index is 0.0348. The number of benzene rings is 3. The molecule has 0 saturated carbocycles. The zero-order valence-electron chi connectivity index (χ0n) is 23.7. The Kier molecular flexibility index (Phi) is 9.67. The van der Waals surface area contributed by atoms with Crippen molar-refractivity contribution in [2.75, 3.05) is 11.1 Å². The minimum Gasteiger partial charge on any atom is -0.444 e. The number of rotatable bonds is 8. The first kappa shape index (κ1) is 30.0. The molecule has 8 heteroatoms. The largest absolute Gasteiger partial charge is 0.444 e. The summed E-state index contributed by atoms with van der Waals surface area (Å²) in [6.07, 6.45) is -0.720. The summed E-state index contributed by atoms with van der Waals surface area (Å²) >= 11 is 4.34. The fraction of sp³-hybridized carbons (Fsp3) is 0.387. The quantitative estimate of drug-likeness (QED) is 0.292. The van der Waals surface area contributed by atoms with Crippen molar-refractivity contribution in [2.45, 2.75) is 72.2 Å². The molecule has 2 unspecified atom stereocenters. The van der Waals surface area contributed by atoms with Crippen LogP contribution in [0, 0.1) is 13.8 Å². The second kappa shape index (κ2) is 12.6. The van der Waals surface area contributed by atoms with Crippen LogP contribution in [0.5, 0.6) is 0 Å². The van der Waals surface area contributed by atoms with Crippen LogP contribution in [0.4, 0.5) is 10.5 Å². The Balaban J connectivity index is 2.02. The Bertz CT molecular complexity index is 1350. The number of anilines is 1. The molecule has 0 aliphatic carbocycles. The average molecular weight is 550 g/mol. The summed E-state index contributed by atoms with van der Waals surface area (Å²) in [6.45, 7) is 12.8. The van der Waals surface area contributed by atoms with Gasteiger partial charge in [0.1, 0.15) is 17.7 Å². The molecule has 0 radical (unpaired) electrons. The number of aryl methyl sites for hydroxylation is 2. The van der Waals surface area contributed by atoms with Crippen molar-refractivity contribution in [1.29, 1.82) is 0 Å². The zero-order valence-corrected chi connectivity index (χ0v) is 24.6. The molecule has 3 amide bonds. The number of alkyl carbamates (subject to hydrolysis) is 1. The van der Waals surface area contributed by atoms with Gasteiger partial charge in [-0.05, 0) is 82.5 Å². The number of thiol groups is 1. The highest BCUT2D eigenvalue weighted by atomic mass is 32.1. The molecule has 0 aromatic heterocycles. The second-order valence-electron chi connectivity index (χ2n) is 11.0. The van der Waals surface area contributed by atoms with Crippen molar-refractivity contribution in [2.24, 2.45) is 0 Å². The molecule has 7 nitrogen and oxygen atoms in total. The van der Waals surface area contributed by atoms with Gasteiger partial charge in [0, 0.05) is 17.5 Å². The van der Waals surface area contributed by atoms with E-state index in [0.29, 0.717) is 11.3 Å². The topological polar surface area (TPSA) is 87.7 Å². The van der Waals surface area contributed by atoms with Crippen molar-refractivity contribution >= 4 is 47.0 Å². The van der Waals surface area contributed by atoms with E-state index in [1.807, 2.05) is 88.4 Å². The van der Waals surface area contributed by atoms with Crippen LogP contribution in [-0.4, -0.2) is 46.2 Å². The van der Waals surface area contributed by atoms with Crippen molar-refractivity contribution in [3.05, 3.63) is 77.4 Å². The summed E-state index contributed by atoms with van der Waals surface area (Å²) in [4.78, 5) is 42.1. The monoisotopic (exact) mass is 549 g/mol. The van der Waals surface area contributed by atoms with Gasteiger partial charge in [-0.15, -0.1) is 0 Å². The SMILES string of the molecule is Cc1ccc(C)c(C(C(=O)Nc2ccc3ccccc3c2)N(C(=O)C(CS)NC(=O)OC(C)(C)C)C(C)C)c1. The van der Waals surface area contributed by atoms with E-state index in [1.54, 1.807) is 20.8 Å². The summed E-state index contributed by atoms with van der Waals surface area (Å²) < 4.78 is 5.37. The first-order valence-electron chi connectivity index (χ1n) is 13.1. The molecule has 39 heavy (non-hydrogen) atoms. The molecule has 3 aromatic carbocycles. The van der Waals surface area contributed by atoms with Crippen molar-refractivity contribution < 1.29 is 19.1 Å². The zero-order chi connectivity index (χ0) is 28.9. The highest BCUT2D eigenvalue weighted by Gasteiger charge is 2.38. The molecular formula is C31H39N3O4S. The molecule has 0 spiro atoms. The van der Waals surface area contributed by atoms with Gasteiger partial charge in [0.05, 0.1) is 0 Å². The number of amides is 3. The fourth-order valence-electron chi connectivity index (χ4n) is 4.44. The molecule has 2 atom stereocenters. The lowest BCUT2D eigenvalue weighted by Crippen LogP contribution is -2.55. The molecule has 3 aromatic rings. The number of hydrogen-bond donors (Lipinski definition) is 3. The van der Waals surface area contributed by atoms with Gasteiger partial charge < -0.3 is 20.3 Å². The van der Waals surface area contributed by atoms with Crippen LogP contribution in [0.1, 0.15) is 57.4 Å². The number of carbonyl (C=O) groups is 3. The van der Waals surface area contributed by atoms with Gasteiger partial charge in [0.25, 0.3) is 5.91 Å². The molecule has 2 N–H and O–H groups in total. The van der Waals surface area contributed by atoms with E-state index in [2.05, 4.69) is 23.3 Å². The maximum absolute atomic E-state index is 14.0. The third kappa shape index (κ3) is 7.76. The van der Waals surface area contributed by atoms with Gasteiger partial charge in [0.2, 0.25) is 5.91 Å². The van der Waals surface area contributed by atoms with E-state index in [0.717, 1.165) is 21.9 Å². The average Bonchev–Trinajstić information content (AvgIpc) is 2.85. The predicted molar refractivity (Wildman–Crippen MR) is 160 cm³/mol. The van der Waals surface area contributed by atoms with E-state index < -0.39 is 29.7 Å². The molecule has 3 rings (SSSR count). The van der Waals surface area contributed by atoms with E-state index in [1.165, 1.54) is 4.90 Å². The molecule has 0 aliphatic heterocycles. The number of hydrogen-bond acceptors (Lipinski definition) is 5. The lowest BCUT2D eigenvalue weighted by Gasteiger charge is -2.37. The maximum atomic E-state index is 14.0. The van der Waals surface area contributed by atoms with Crippen molar-refractivity contribution in [3.63, 3.8) is 0 Å². The molecule has 0 fully saturated rings. The van der Waals surface area contributed by atoms with Crippen LogP contribution in [0.3, 0.4) is 0 Å². The Morgan fingerprint density at radius 3 is 2.23 bits per heavy atom. The summed E-state index contributed by atoms with van der Waals surface area (Å²) in [7, 11) is 0. The van der Waals surface area contributed by atoms with Crippen LogP contribution in [0.25, 0.3) is 10.8 Å². The van der Waals surface area contributed by atoms with Crippen LogP contribution in [0.2, 0.25) is 0 Å². The summed E-state index contributed by atoms with van der Waals surface area (Å²) in [5.74, 6) is -0.741. The third-order valence-corrected chi connectivity index (χ3v) is 6.62. The number of nitrogens with one attached hydrogen (secondary N) is 2. The standard InChI is InChI=1S/C31H39N3O4S/c1-19(2)34(29(36)26(18-39)33-30(37)38-31(5,6)7)27(25-16-20(3)12-13-21(25)4)28(35)32-24-15-14-22-10-8-9-11-23(22)17-24/h8-17,19,26-27,39H,18H2,1-7H3,(H,32,35)(H,33,37). The van der Waals surface area contributed by atoms with Gasteiger partial charge in [0.15, 0.2) is 0 Å². The second-order valence-corrected chi connectivity index (χ2v) is 11.4. The molecule has 0 bridgehead atoms. The van der Waals surface area contributed by atoms with E-state index >= 15 is 0 Å². The summed E-state index contributed by atoms with van der Waals surface area (Å²) in [5.41, 5.74) is 2.45. The van der Waals surface area contributed by atoms with Crippen LogP contribution >= 0.6 is 12.6 Å². The Morgan fingerprint density at radius 2 is 1.62 bits per heavy atom. The van der Waals surface area contributed by atoms with E-state index in [4.69, 9.17) is 4.74 Å². The minimum atomic E-state index is -0.994. The molecule has 0 saturated heterocycles. The lowest BCUT2D eigenvalue weighted by molar-refractivity contribution is -0.142. The molecule has 208 valence electrons. The fourth-order valence-corrected chi connectivity index (χ4v) is 4.69. The molecule has 0 heterocycles. The maximum Gasteiger partial charge on any atom is 0.408 e. The van der Waals surface area contributed by atoms with Gasteiger partial charge in [-0.2, -0.15) is 12.6 Å². The first-order valence-corrected chi connectivity index (χ1v) is 13.7. The first-order chi connectivity index (χ1) is 18.3. The van der Waals surface area contributed by atoms with Crippen LogP contribution < -0.4 is 10.6 Å². The molecular weight excluding hydrogens is 510 g/mol. The predicted octanol–water partition coefficient (Wildman–Crippen LogP) is 6.20. The third-order valence-electron chi connectivity index (χ3n) is 6.26. The van der Waals surface area contributed by atoms with Crippen molar-refractivity contribution in [3.8, 4) is 0 Å². The van der Waals surface area contributed by atoms with E-state index in [-0.39, 0.29) is 17.7 Å². The number of carbonyl (C=O) groups excluding carboxylic acids is 3. The number of nitrogens with zero attached hydrogens (tertiary/aromatic N) is 1. The van der Waals surface area contributed by atoms with Crippen LogP contribution in [0.15, 0.2) is 60.7 Å². The lowest BCUT2D eigenvalue weighted by atomic mass is 9.95. The van der Waals surface area contributed by atoms with Crippen molar-refractivity contribution in [1.82, 2.24) is 10.2 Å². The van der Waals surface area contributed by atoms with Gasteiger partial charge in [-0.3, -0.25) is 9.59 Å². The summed E-state index contributed by atoms with van der Waals surface area (Å²) in [5, 5.41) is 7.73. The van der Waals surface area contributed by atoms with Gasteiger partial charge >= 0.3 is 6.09 Å². The van der Waals surface area contributed by atoms with Gasteiger partial charge in [-0.1, -0.05) is 54.1 Å². The Labute approximate surface area is 236 Å². The Hall–Kier alpha value is -3.52. The normalized spacial score (nSPS) is 13.1.